The number of hydrogen-bond donors (Lipinski definition) is 0. The summed E-state index contributed by atoms with van der Waals surface area (Å²) in [5.74, 6) is -0.299. The van der Waals surface area contributed by atoms with Crippen LogP contribution in [-0.4, -0.2) is 35.8 Å². The molecule has 1 saturated heterocycles. The van der Waals surface area contributed by atoms with E-state index < -0.39 is 0 Å². The Morgan fingerprint density at radius 1 is 1.22 bits per heavy atom. The zero-order valence-electron chi connectivity index (χ0n) is 15.3. The lowest BCUT2D eigenvalue weighted by Crippen LogP contribution is -2.43. The third-order valence-corrected chi connectivity index (χ3v) is 5.59. The molecular weight excluding hydrogens is 386 g/mol. The van der Waals surface area contributed by atoms with Crippen LogP contribution in [0.15, 0.2) is 42.5 Å². The normalized spacial score (nSPS) is 17.7. The minimum atomic E-state index is -0.278. The zero-order chi connectivity index (χ0) is 19.4. The summed E-state index contributed by atoms with van der Waals surface area (Å²) in [7, 11) is 1.74. The van der Waals surface area contributed by atoms with Crippen molar-refractivity contribution >= 4 is 29.1 Å². The highest BCUT2D eigenvalue weighted by Crippen LogP contribution is 2.25. The van der Waals surface area contributed by atoms with Crippen molar-refractivity contribution in [1.29, 1.82) is 0 Å². The maximum atomic E-state index is 13.9. The Morgan fingerprint density at radius 3 is 2.74 bits per heavy atom. The smallest absolute Gasteiger partial charge is 0.227 e. The second kappa shape index (κ2) is 9.05. The van der Waals surface area contributed by atoms with Crippen LogP contribution >= 0.6 is 23.2 Å². The van der Waals surface area contributed by atoms with E-state index in [1.807, 2.05) is 12.1 Å². The first-order valence-electron chi connectivity index (χ1n) is 9.08. The average molecular weight is 409 g/mol. The van der Waals surface area contributed by atoms with Gasteiger partial charge in [0.2, 0.25) is 5.91 Å². The maximum absolute atomic E-state index is 13.9. The largest absolute Gasteiger partial charge is 0.341 e. The molecule has 0 N–H and O–H groups in total. The molecule has 2 aromatic rings. The molecule has 0 radical (unpaired) electrons. The van der Waals surface area contributed by atoms with Gasteiger partial charge >= 0.3 is 0 Å². The summed E-state index contributed by atoms with van der Waals surface area (Å²) in [6.45, 7) is 2.58. The number of hydrogen-bond acceptors (Lipinski definition) is 2. The predicted octanol–water partition coefficient (Wildman–Crippen LogP) is 5.00. The van der Waals surface area contributed by atoms with Crippen molar-refractivity contribution in [2.75, 3.05) is 20.1 Å². The standard InChI is InChI=1S/C21H23Cl2FN2O/c1-25(12-16-5-2-3-7-20(16)24)21(27)17-6-4-10-26(14-17)13-15-8-9-18(22)11-19(15)23/h2-3,5,7-9,11,17H,4,6,10,12-14H2,1H3/t17-/m1/s1. The van der Waals surface area contributed by atoms with E-state index in [0.29, 0.717) is 28.7 Å². The van der Waals surface area contributed by atoms with Gasteiger partial charge < -0.3 is 4.90 Å². The van der Waals surface area contributed by atoms with Gasteiger partial charge in [-0.25, -0.2) is 4.39 Å². The molecule has 144 valence electrons. The third kappa shape index (κ3) is 5.22. The SMILES string of the molecule is CN(Cc1ccccc1F)C(=O)[C@@H]1CCCN(Cc2ccc(Cl)cc2Cl)C1. The van der Waals surface area contributed by atoms with E-state index in [-0.39, 0.29) is 24.2 Å². The van der Waals surface area contributed by atoms with Crippen molar-refractivity contribution in [3.05, 3.63) is 69.5 Å². The van der Waals surface area contributed by atoms with E-state index in [4.69, 9.17) is 23.2 Å². The van der Waals surface area contributed by atoms with E-state index >= 15 is 0 Å². The van der Waals surface area contributed by atoms with Gasteiger partial charge in [0, 0.05) is 42.3 Å². The molecule has 0 aliphatic carbocycles. The molecule has 0 saturated carbocycles. The molecule has 1 aliphatic heterocycles. The fourth-order valence-electron chi connectivity index (χ4n) is 3.56. The van der Waals surface area contributed by atoms with Gasteiger partial charge in [-0.15, -0.1) is 0 Å². The van der Waals surface area contributed by atoms with Gasteiger partial charge in [-0.3, -0.25) is 9.69 Å². The molecule has 2 aromatic carbocycles. The molecule has 1 fully saturated rings. The first-order chi connectivity index (χ1) is 12.9. The van der Waals surface area contributed by atoms with Crippen molar-refractivity contribution in [1.82, 2.24) is 9.80 Å². The lowest BCUT2D eigenvalue weighted by atomic mass is 9.96. The summed E-state index contributed by atoms with van der Waals surface area (Å²) < 4.78 is 13.9. The molecule has 1 atom stereocenters. The summed E-state index contributed by atoms with van der Waals surface area (Å²) >= 11 is 12.2. The van der Waals surface area contributed by atoms with Crippen molar-refractivity contribution in [2.45, 2.75) is 25.9 Å². The number of halogens is 3. The zero-order valence-corrected chi connectivity index (χ0v) is 16.8. The van der Waals surface area contributed by atoms with E-state index in [1.54, 1.807) is 36.2 Å². The Kier molecular flexibility index (Phi) is 6.74. The Bertz CT molecular complexity index is 815. The van der Waals surface area contributed by atoms with Crippen LogP contribution < -0.4 is 0 Å². The Hall–Kier alpha value is -1.62. The minimum absolute atomic E-state index is 0.0603. The molecule has 0 spiro atoms. The molecular formula is C21H23Cl2FN2O. The molecule has 3 nitrogen and oxygen atoms in total. The second-order valence-electron chi connectivity index (χ2n) is 7.10. The Balaban J connectivity index is 1.61. The first kappa shape index (κ1) is 20.1. The van der Waals surface area contributed by atoms with E-state index in [1.165, 1.54) is 6.07 Å². The first-order valence-corrected chi connectivity index (χ1v) is 9.84. The maximum Gasteiger partial charge on any atom is 0.227 e. The summed E-state index contributed by atoms with van der Waals surface area (Å²) in [5, 5.41) is 1.26. The fraction of sp³-hybridized carbons (Fsp3) is 0.381. The van der Waals surface area contributed by atoms with Crippen molar-refractivity contribution in [3.8, 4) is 0 Å². The number of piperidine rings is 1. The number of benzene rings is 2. The highest BCUT2D eigenvalue weighted by atomic mass is 35.5. The van der Waals surface area contributed by atoms with Gasteiger partial charge in [-0.1, -0.05) is 47.5 Å². The third-order valence-electron chi connectivity index (χ3n) is 5.01. The minimum Gasteiger partial charge on any atom is -0.341 e. The van der Waals surface area contributed by atoms with Crippen LogP contribution in [0, 0.1) is 11.7 Å². The van der Waals surface area contributed by atoms with Gasteiger partial charge in [0.1, 0.15) is 5.82 Å². The lowest BCUT2D eigenvalue weighted by Gasteiger charge is -2.34. The molecule has 1 aliphatic rings. The molecule has 1 heterocycles. The van der Waals surface area contributed by atoms with Gasteiger partial charge in [-0.2, -0.15) is 0 Å². The highest BCUT2D eigenvalue weighted by molar-refractivity contribution is 6.35. The lowest BCUT2D eigenvalue weighted by molar-refractivity contribution is -0.136. The molecule has 3 rings (SSSR count). The number of carbonyl (C=O) groups excluding carboxylic acids is 1. The second-order valence-corrected chi connectivity index (χ2v) is 7.94. The Morgan fingerprint density at radius 2 is 2.00 bits per heavy atom. The van der Waals surface area contributed by atoms with Crippen LogP contribution in [0.3, 0.4) is 0 Å². The van der Waals surface area contributed by atoms with Gasteiger partial charge in [0.25, 0.3) is 0 Å². The molecule has 6 heteroatoms. The van der Waals surface area contributed by atoms with E-state index in [9.17, 15) is 9.18 Å². The number of likely N-dealkylation sites (tertiary alicyclic amines) is 1. The van der Waals surface area contributed by atoms with Crippen molar-refractivity contribution in [2.24, 2.45) is 5.92 Å². The summed E-state index contributed by atoms with van der Waals surface area (Å²) in [5.41, 5.74) is 1.54. The van der Waals surface area contributed by atoms with Gasteiger partial charge in [0.05, 0.1) is 5.92 Å². The summed E-state index contributed by atoms with van der Waals surface area (Å²) in [6, 6.07) is 12.1. The average Bonchev–Trinajstić information content (AvgIpc) is 2.65. The highest BCUT2D eigenvalue weighted by Gasteiger charge is 2.28. The van der Waals surface area contributed by atoms with E-state index in [2.05, 4.69) is 4.90 Å². The van der Waals surface area contributed by atoms with Crippen LogP contribution in [0.4, 0.5) is 4.39 Å². The quantitative estimate of drug-likeness (QED) is 0.694. The monoisotopic (exact) mass is 408 g/mol. The predicted molar refractivity (Wildman–Crippen MR) is 107 cm³/mol. The van der Waals surface area contributed by atoms with Gasteiger partial charge in [0.15, 0.2) is 0 Å². The van der Waals surface area contributed by atoms with Crippen LogP contribution in [0.25, 0.3) is 0 Å². The summed E-state index contributed by atoms with van der Waals surface area (Å²) in [4.78, 5) is 16.7. The van der Waals surface area contributed by atoms with Crippen LogP contribution in [0.5, 0.6) is 0 Å². The van der Waals surface area contributed by atoms with E-state index in [0.717, 1.165) is 24.9 Å². The fourth-order valence-corrected chi connectivity index (χ4v) is 4.03. The number of carbonyl (C=O) groups is 1. The van der Waals surface area contributed by atoms with Crippen molar-refractivity contribution in [3.63, 3.8) is 0 Å². The van der Waals surface area contributed by atoms with Crippen LogP contribution in [0.2, 0.25) is 10.0 Å². The summed E-state index contributed by atoms with van der Waals surface area (Å²) in [6.07, 6.45) is 1.81. The molecule has 0 unspecified atom stereocenters. The van der Waals surface area contributed by atoms with Crippen LogP contribution in [0.1, 0.15) is 24.0 Å². The topological polar surface area (TPSA) is 23.6 Å². The van der Waals surface area contributed by atoms with Gasteiger partial charge in [-0.05, 0) is 43.1 Å². The Labute approximate surface area is 169 Å². The number of rotatable bonds is 5. The van der Waals surface area contributed by atoms with Crippen molar-refractivity contribution < 1.29 is 9.18 Å². The molecule has 27 heavy (non-hydrogen) atoms. The number of amides is 1. The molecule has 0 bridgehead atoms. The van der Waals surface area contributed by atoms with Crippen LogP contribution in [-0.2, 0) is 17.9 Å². The molecule has 0 aromatic heterocycles. The molecule has 1 amide bonds. The number of nitrogens with zero attached hydrogens (tertiary/aromatic N) is 2.